The van der Waals surface area contributed by atoms with Crippen LogP contribution in [0.25, 0.3) is 16.6 Å². The van der Waals surface area contributed by atoms with Gasteiger partial charge in [0.05, 0.1) is 16.6 Å². The van der Waals surface area contributed by atoms with Gasteiger partial charge < -0.3 is 9.47 Å². The summed E-state index contributed by atoms with van der Waals surface area (Å²) in [6.07, 6.45) is 0. The quantitative estimate of drug-likeness (QED) is 0.692. The molecule has 4 rings (SSSR count). The van der Waals surface area contributed by atoms with Gasteiger partial charge in [-0.1, -0.05) is 11.6 Å². The van der Waals surface area contributed by atoms with Crippen LogP contribution < -0.4 is 15.0 Å². The second-order valence-corrected chi connectivity index (χ2v) is 5.44. The molecular weight excluding hydrogens is 304 g/mol. The van der Waals surface area contributed by atoms with E-state index < -0.39 is 0 Å². The monoisotopic (exact) mass is 314 g/mol. The molecule has 2 aromatic carbocycles. The van der Waals surface area contributed by atoms with Gasteiger partial charge in [-0.15, -0.1) is 0 Å². The third-order valence-corrected chi connectivity index (χ3v) is 3.85. The summed E-state index contributed by atoms with van der Waals surface area (Å²) in [4.78, 5) is 17.2. The van der Waals surface area contributed by atoms with Crippen LogP contribution in [0.4, 0.5) is 0 Å². The highest BCUT2D eigenvalue weighted by atomic mass is 35.5. The molecule has 0 N–H and O–H groups in total. The van der Waals surface area contributed by atoms with Crippen LogP contribution in [0.1, 0.15) is 5.82 Å². The van der Waals surface area contributed by atoms with Crippen molar-refractivity contribution < 1.29 is 9.47 Å². The van der Waals surface area contributed by atoms with Gasteiger partial charge in [0.25, 0.3) is 5.56 Å². The summed E-state index contributed by atoms with van der Waals surface area (Å²) < 4.78 is 12.2. The zero-order valence-electron chi connectivity index (χ0n) is 11.7. The van der Waals surface area contributed by atoms with E-state index in [1.54, 1.807) is 41.8 Å². The number of fused-ring (bicyclic) bond motifs is 2. The largest absolute Gasteiger partial charge is 0.454 e. The fourth-order valence-electron chi connectivity index (χ4n) is 2.60. The molecule has 0 amide bonds. The molecular formula is C16H11ClN2O3. The summed E-state index contributed by atoms with van der Waals surface area (Å²) in [7, 11) is 0. The summed E-state index contributed by atoms with van der Waals surface area (Å²) in [6, 6.07) is 10.4. The molecule has 6 heteroatoms. The Morgan fingerprint density at radius 1 is 1.14 bits per heavy atom. The molecule has 0 unspecified atom stereocenters. The van der Waals surface area contributed by atoms with Crippen molar-refractivity contribution in [3.8, 4) is 17.2 Å². The molecule has 0 saturated carbocycles. The summed E-state index contributed by atoms with van der Waals surface area (Å²) in [5.41, 5.74) is 1.14. The molecule has 22 heavy (non-hydrogen) atoms. The molecule has 1 aliphatic heterocycles. The van der Waals surface area contributed by atoms with Crippen LogP contribution in [-0.2, 0) is 0 Å². The van der Waals surface area contributed by atoms with Gasteiger partial charge in [-0.3, -0.25) is 9.36 Å². The maximum atomic E-state index is 12.8. The van der Waals surface area contributed by atoms with E-state index in [0.29, 0.717) is 38.9 Å². The van der Waals surface area contributed by atoms with Crippen molar-refractivity contribution in [2.24, 2.45) is 0 Å². The van der Waals surface area contributed by atoms with Crippen LogP contribution in [-0.4, -0.2) is 16.3 Å². The molecule has 0 saturated heterocycles. The van der Waals surface area contributed by atoms with Gasteiger partial charge in [-0.05, 0) is 37.3 Å². The van der Waals surface area contributed by atoms with Gasteiger partial charge in [0.15, 0.2) is 11.5 Å². The van der Waals surface area contributed by atoms with Crippen LogP contribution in [0.2, 0.25) is 5.02 Å². The van der Waals surface area contributed by atoms with Crippen molar-refractivity contribution >= 4 is 22.5 Å². The Bertz CT molecular complexity index is 965. The highest BCUT2D eigenvalue weighted by Crippen LogP contribution is 2.33. The lowest BCUT2D eigenvalue weighted by atomic mass is 10.2. The molecule has 0 bridgehead atoms. The Balaban J connectivity index is 1.99. The standard InChI is InChI=1S/C16H11ClN2O3/c1-9-18-13-6-10(17)2-4-12(13)16(20)19(9)11-3-5-14-15(7-11)22-8-21-14/h2-7H,8H2,1H3. The minimum absolute atomic E-state index is 0.141. The molecule has 0 radical (unpaired) electrons. The number of hydrogen-bond donors (Lipinski definition) is 0. The lowest BCUT2D eigenvalue weighted by molar-refractivity contribution is 0.174. The normalized spacial score (nSPS) is 12.8. The van der Waals surface area contributed by atoms with Gasteiger partial charge >= 0.3 is 0 Å². The summed E-state index contributed by atoms with van der Waals surface area (Å²) in [5, 5.41) is 1.08. The number of ether oxygens (including phenoxy) is 2. The lowest BCUT2D eigenvalue weighted by Crippen LogP contribution is -2.22. The van der Waals surface area contributed by atoms with E-state index in [0.717, 1.165) is 0 Å². The Labute approximate surface area is 130 Å². The number of benzene rings is 2. The minimum Gasteiger partial charge on any atom is -0.454 e. The Hall–Kier alpha value is -2.53. The second-order valence-electron chi connectivity index (χ2n) is 5.00. The van der Waals surface area contributed by atoms with Crippen LogP contribution in [0, 0.1) is 6.92 Å². The van der Waals surface area contributed by atoms with Crippen molar-refractivity contribution in [1.82, 2.24) is 9.55 Å². The first kappa shape index (κ1) is 13.2. The predicted molar refractivity (Wildman–Crippen MR) is 83.2 cm³/mol. The zero-order chi connectivity index (χ0) is 15.3. The van der Waals surface area contributed by atoms with Gasteiger partial charge in [0.1, 0.15) is 5.82 Å². The van der Waals surface area contributed by atoms with Crippen molar-refractivity contribution in [2.75, 3.05) is 6.79 Å². The van der Waals surface area contributed by atoms with E-state index in [-0.39, 0.29) is 12.4 Å². The van der Waals surface area contributed by atoms with Crippen LogP contribution >= 0.6 is 11.6 Å². The van der Waals surface area contributed by atoms with Crippen molar-refractivity contribution in [3.63, 3.8) is 0 Å². The molecule has 1 aromatic heterocycles. The number of aryl methyl sites for hydroxylation is 1. The van der Waals surface area contributed by atoms with Crippen LogP contribution in [0.15, 0.2) is 41.2 Å². The van der Waals surface area contributed by atoms with E-state index in [4.69, 9.17) is 21.1 Å². The number of halogens is 1. The minimum atomic E-state index is -0.141. The number of rotatable bonds is 1. The molecule has 0 fully saturated rings. The highest BCUT2D eigenvalue weighted by Gasteiger charge is 2.16. The first-order valence-electron chi connectivity index (χ1n) is 6.72. The maximum absolute atomic E-state index is 12.8. The smallest absolute Gasteiger partial charge is 0.265 e. The fraction of sp³-hybridized carbons (Fsp3) is 0.125. The average Bonchev–Trinajstić information content (AvgIpc) is 2.94. The third kappa shape index (κ3) is 1.94. The molecule has 5 nitrogen and oxygen atoms in total. The van der Waals surface area contributed by atoms with Gasteiger partial charge in [-0.2, -0.15) is 0 Å². The topological polar surface area (TPSA) is 53.4 Å². The molecule has 3 aromatic rings. The van der Waals surface area contributed by atoms with Crippen molar-refractivity contribution in [2.45, 2.75) is 6.92 Å². The first-order valence-corrected chi connectivity index (χ1v) is 7.10. The molecule has 0 aliphatic carbocycles. The first-order chi connectivity index (χ1) is 10.6. The Morgan fingerprint density at radius 2 is 1.95 bits per heavy atom. The summed E-state index contributed by atoms with van der Waals surface area (Å²) >= 11 is 5.96. The molecule has 2 heterocycles. The number of nitrogens with zero attached hydrogens (tertiary/aromatic N) is 2. The zero-order valence-corrected chi connectivity index (χ0v) is 12.4. The van der Waals surface area contributed by atoms with E-state index in [2.05, 4.69) is 4.98 Å². The van der Waals surface area contributed by atoms with Crippen molar-refractivity contribution in [3.05, 3.63) is 57.6 Å². The molecule has 110 valence electrons. The molecule has 0 spiro atoms. The Morgan fingerprint density at radius 3 is 2.82 bits per heavy atom. The van der Waals surface area contributed by atoms with E-state index in [1.165, 1.54) is 0 Å². The van der Waals surface area contributed by atoms with Crippen LogP contribution in [0.5, 0.6) is 11.5 Å². The summed E-state index contributed by atoms with van der Waals surface area (Å²) in [5.74, 6) is 1.88. The number of hydrogen-bond acceptors (Lipinski definition) is 4. The highest BCUT2D eigenvalue weighted by molar-refractivity contribution is 6.31. The number of aromatic nitrogens is 2. The molecule has 1 aliphatic rings. The lowest BCUT2D eigenvalue weighted by Gasteiger charge is -2.11. The van der Waals surface area contributed by atoms with Crippen molar-refractivity contribution in [1.29, 1.82) is 0 Å². The Kier molecular flexibility index (Phi) is 2.84. The van der Waals surface area contributed by atoms with E-state index >= 15 is 0 Å². The second kappa shape index (κ2) is 4.74. The predicted octanol–water partition coefficient (Wildman–Crippen LogP) is 3.08. The fourth-order valence-corrected chi connectivity index (χ4v) is 2.76. The van der Waals surface area contributed by atoms with Crippen LogP contribution in [0.3, 0.4) is 0 Å². The SMILES string of the molecule is Cc1nc2cc(Cl)ccc2c(=O)n1-c1ccc2c(c1)OCO2. The summed E-state index contributed by atoms with van der Waals surface area (Å²) in [6.45, 7) is 1.98. The van der Waals surface area contributed by atoms with E-state index in [1.807, 2.05) is 6.07 Å². The average molecular weight is 315 g/mol. The van der Waals surface area contributed by atoms with Gasteiger partial charge in [0.2, 0.25) is 6.79 Å². The van der Waals surface area contributed by atoms with Gasteiger partial charge in [0, 0.05) is 11.1 Å². The van der Waals surface area contributed by atoms with Gasteiger partial charge in [-0.25, -0.2) is 4.98 Å². The molecule has 0 atom stereocenters. The third-order valence-electron chi connectivity index (χ3n) is 3.61. The van der Waals surface area contributed by atoms with E-state index in [9.17, 15) is 4.79 Å². The maximum Gasteiger partial charge on any atom is 0.265 e.